The summed E-state index contributed by atoms with van der Waals surface area (Å²) in [5, 5.41) is 0. The highest BCUT2D eigenvalue weighted by atomic mass is 16.1. The van der Waals surface area contributed by atoms with Gasteiger partial charge in [-0.3, -0.25) is 4.79 Å². The van der Waals surface area contributed by atoms with Crippen LogP contribution in [0.3, 0.4) is 0 Å². The number of hydrogen-bond acceptors (Lipinski definition) is 1. The molecule has 2 aliphatic carbocycles. The van der Waals surface area contributed by atoms with Crippen LogP contribution in [0.1, 0.15) is 39.9 Å². The molecule has 88 valence electrons. The topological polar surface area (TPSA) is 17.1 Å². The molecule has 2 aromatic rings. The molecule has 0 unspecified atom stereocenters. The minimum atomic E-state index is 0.348. The van der Waals surface area contributed by atoms with Crippen molar-refractivity contribution < 1.29 is 4.79 Å². The molecule has 0 saturated carbocycles. The highest BCUT2D eigenvalue weighted by Crippen LogP contribution is 2.40. The van der Waals surface area contributed by atoms with E-state index in [0.29, 0.717) is 5.78 Å². The van der Waals surface area contributed by atoms with Crippen LogP contribution in [0, 0.1) is 0 Å². The molecule has 0 amide bonds. The summed E-state index contributed by atoms with van der Waals surface area (Å²) in [6.45, 7) is 0. The van der Waals surface area contributed by atoms with Gasteiger partial charge in [0.2, 0.25) is 0 Å². The minimum absolute atomic E-state index is 0.348. The first kappa shape index (κ1) is 10.1. The van der Waals surface area contributed by atoms with Gasteiger partial charge in [0, 0.05) is 12.0 Å². The van der Waals surface area contributed by atoms with Crippen molar-refractivity contribution in [1.29, 1.82) is 0 Å². The highest BCUT2D eigenvalue weighted by molar-refractivity contribution is 6.02. The van der Waals surface area contributed by atoms with Crippen LogP contribution in [-0.4, -0.2) is 5.78 Å². The van der Waals surface area contributed by atoms with Crippen molar-refractivity contribution >= 4 is 5.78 Å². The van der Waals surface area contributed by atoms with Crippen LogP contribution in [0.4, 0.5) is 0 Å². The maximum Gasteiger partial charge on any atom is 0.163 e. The summed E-state index contributed by atoms with van der Waals surface area (Å²) in [4.78, 5) is 12.2. The van der Waals surface area contributed by atoms with Gasteiger partial charge in [0.05, 0.1) is 0 Å². The summed E-state index contributed by atoms with van der Waals surface area (Å²) in [5.74, 6) is 0.348. The Morgan fingerprint density at radius 2 is 1.72 bits per heavy atom. The lowest BCUT2D eigenvalue weighted by molar-refractivity contribution is 0.0972. The zero-order valence-electron chi connectivity index (χ0n) is 10.2. The fraction of sp³-hybridized carbons (Fsp3) is 0.235. The van der Waals surface area contributed by atoms with Gasteiger partial charge < -0.3 is 0 Å². The second-order valence-electron chi connectivity index (χ2n) is 5.24. The van der Waals surface area contributed by atoms with E-state index in [0.717, 1.165) is 31.2 Å². The zero-order chi connectivity index (χ0) is 12.1. The second kappa shape index (κ2) is 3.55. The molecule has 0 spiro atoms. The van der Waals surface area contributed by atoms with Crippen molar-refractivity contribution in [2.75, 3.05) is 0 Å². The van der Waals surface area contributed by atoms with E-state index in [1.807, 2.05) is 0 Å². The van der Waals surface area contributed by atoms with Crippen LogP contribution >= 0.6 is 0 Å². The van der Waals surface area contributed by atoms with Gasteiger partial charge in [-0.05, 0) is 47.1 Å². The Morgan fingerprint density at radius 3 is 2.67 bits per heavy atom. The lowest BCUT2D eigenvalue weighted by Gasteiger charge is -2.18. The van der Waals surface area contributed by atoms with E-state index >= 15 is 0 Å². The minimum Gasteiger partial charge on any atom is -0.294 e. The molecule has 0 saturated heterocycles. The largest absolute Gasteiger partial charge is 0.294 e. The van der Waals surface area contributed by atoms with E-state index in [9.17, 15) is 4.79 Å². The van der Waals surface area contributed by atoms with E-state index in [-0.39, 0.29) is 0 Å². The van der Waals surface area contributed by atoms with Gasteiger partial charge in [0.1, 0.15) is 0 Å². The third kappa shape index (κ3) is 1.25. The van der Waals surface area contributed by atoms with Crippen LogP contribution in [0.25, 0.3) is 11.1 Å². The number of ketones is 1. The summed E-state index contributed by atoms with van der Waals surface area (Å²) in [7, 11) is 0. The number of Topliss-reactive ketones (excluding diaryl/α,β-unsaturated/α-hetero) is 1. The highest BCUT2D eigenvalue weighted by Gasteiger charge is 2.27. The Bertz CT molecular complexity index is 667. The molecule has 0 fully saturated rings. The summed E-state index contributed by atoms with van der Waals surface area (Å²) < 4.78 is 0. The van der Waals surface area contributed by atoms with Gasteiger partial charge in [0.15, 0.2) is 5.78 Å². The first-order valence-corrected chi connectivity index (χ1v) is 6.61. The standard InChI is InChI=1S/C17H14O/c18-16-7-3-5-11-8-9-14-13-6-2-1-4-12(13)10-15(14)17(11)16/h1-2,4,6,8-9H,3,5,7,10H2. The molecule has 2 aromatic carbocycles. The predicted octanol–water partition coefficient (Wildman–Crippen LogP) is 3.78. The summed E-state index contributed by atoms with van der Waals surface area (Å²) in [6.07, 6.45) is 3.72. The molecular formula is C17H14O. The number of hydrogen-bond donors (Lipinski definition) is 0. The number of aryl methyl sites for hydroxylation is 1. The molecule has 0 N–H and O–H groups in total. The molecule has 0 heterocycles. The van der Waals surface area contributed by atoms with Gasteiger partial charge in [-0.25, -0.2) is 0 Å². The molecule has 0 aromatic heterocycles. The first-order valence-electron chi connectivity index (χ1n) is 6.61. The molecule has 0 radical (unpaired) electrons. The van der Waals surface area contributed by atoms with Crippen molar-refractivity contribution in [1.82, 2.24) is 0 Å². The Hall–Kier alpha value is -1.89. The quantitative estimate of drug-likeness (QED) is 0.578. The smallest absolute Gasteiger partial charge is 0.163 e. The van der Waals surface area contributed by atoms with Crippen LogP contribution in [0.5, 0.6) is 0 Å². The number of fused-ring (bicyclic) bond motifs is 5. The van der Waals surface area contributed by atoms with E-state index < -0.39 is 0 Å². The maximum absolute atomic E-state index is 12.2. The van der Waals surface area contributed by atoms with Gasteiger partial charge in [0.25, 0.3) is 0 Å². The van der Waals surface area contributed by atoms with Gasteiger partial charge in [-0.1, -0.05) is 36.4 Å². The molecule has 0 bridgehead atoms. The average molecular weight is 234 g/mol. The van der Waals surface area contributed by atoms with Gasteiger partial charge in [-0.2, -0.15) is 0 Å². The number of carbonyl (C=O) groups is 1. The number of benzene rings is 2. The van der Waals surface area contributed by atoms with E-state index in [4.69, 9.17) is 0 Å². The van der Waals surface area contributed by atoms with Crippen LogP contribution < -0.4 is 0 Å². The Balaban J connectivity index is 2.00. The van der Waals surface area contributed by atoms with E-state index in [1.54, 1.807) is 0 Å². The van der Waals surface area contributed by atoms with Crippen molar-refractivity contribution in [2.45, 2.75) is 25.7 Å². The van der Waals surface area contributed by atoms with Gasteiger partial charge >= 0.3 is 0 Å². The van der Waals surface area contributed by atoms with Crippen LogP contribution in [0.15, 0.2) is 36.4 Å². The lowest BCUT2D eigenvalue weighted by atomic mass is 9.85. The SMILES string of the molecule is O=C1CCCc2ccc3c(c21)Cc1ccccc1-3. The van der Waals surface area contributed by atoms with Crippen molar-refractivity contribution in [3.8, 4) is 11.1 Å². The lowest BCUT2D eigenvalue weighted by Crippen LogP contribution is -2.13. The Kier molecular flexibility index (Phi) is 1.99. The fourth-order valence-corrected chi connectivity index (χ4v) is 3.38. The summed E-state index contributed by atoms with van der Waals surface area (Å²) in [6, 6.07) is 12.9. The molecule has 0 atom stereocenters. The molecule has 18 heavy (non-hydrogen) atoms. The van der Waals surface area contributed by atoms with Crippen LogP contribution in [0.2, 0.25) is 0 Å². The van der Waals surface area contributed by atoms with Crippen molar-refractivity contribution in [2.24, 2.45) is 0 Å². The summed E-state index contributed by atoms with van der Waals surface area (Å²) in [5.41, 5.74) is 7.53. The molecule has 0 aliphatic heterocycles. The maximum atomic E-state index is 12.2. The molecule has 1 nitrogen and oxygen atoms in total. The number of carbonyl (C=O) groups excluding carboxylic acids is 1. The monoisotopic (exact) mass is 234 g/mol. The third-order valence-corrected chi connectivity index (χ3v) is 4.20. The van der Waals surface area contributed by atoms with Crippen LogP contribution in [-0.2, 0) is 12.8 Å². The zero-order valence-corrected chi connectivity index (χ0v) is 10.2. The Labute approximate surface area is 106 Å². The predicted molar refractivity (Wildman–Crippen MR) is 72.0 cm³/mol. The molecule has 4 rings (SSSR count). The molecule has 1 heteroatoms. The number of rotatable bonds is 0. The Morgan fingerprint density at radius 1 is 0.833 bits per heavy atom. The second-order valence-corrected chi connectivity index (χ2v) is 5.24. The van der Waals surface area contributed by atoms with Gasteiger partial charge in [-0.15, -0.1) is 0 Å². The van der Waals surface area contributed by atoms with E-state index in [1.165, 1.54) is 27.8 Å². The van der Waals surface area contributed by atoms with Crippen molar-refractivity contribution in [3.05, 3.63) is 58.7 Å². The third-order valence-electron chi connectivity index (χ3n) is 4.20. The van der Waals surface area contributed by atoms with Crippen molar-refractivity contribution in [3.63, 3.8) is 0 Å². The molecular weight excluding hydrogens is 220 g/mol. The normalized spacial score (nSPS) is 16.1. The fourth-order valence-electron chi connectivity index (χ4n) is 3.38. The first-order chi connectivity index (χ1) is 8.84. The summed E-state index contributed by atoms with van der Waals surface area (Å²) >= 11 is 0. The van der Waals surface area contributed by atoms with E-state index in [2.05, 4.69) is 36.4 Å². The average Bonchev–Trinajstić information content (AvgIpc) is 2.77. The molecule has 2 aliphatic rings.